The van der Waals surface area contributed by atoms with Crippen LogP contribution in [0, 0.1) is 13.8 Å². The van der Waals surface area contributed by atoms with E-state index in [1.54, 1.807) is 0 Å². The molecule has 3 heteroatoms. The smallest absolute Gasteiger partial charge is 0.251 e. The van der Waals surface area contributed by atoms with Crippen molar-refractivity contribution in [1.29, 1.82) is 0 Å². The Bertz CT molecular complexity index is 630. The zero-order chi connectivity index (χ0) is 15.6. The van der Waals surface area contributed by atoms with Crippen LogP contribution in [0.15, 0.2) is 30.3 Å². The van der Waals surface area contributed by atoms with Gasteiger partial charge in [-0.1, -0.05) is 32.9 Å². The lowest BCUT2D eigenvalue weighted by molar-refractivity contribution is 0.0951. The van der Waals surface area contributed by atoms with Crippen molar-refractivity contribution < 1.29 is 4.79 Å². The molecule has 0 aliphatic rings. The van der Waals surface area contributed by atoms with Gasteiger partial charge in [0.15, 0.2) is 0 Å². The fourth-order valence-electron chi connectivity index (χ4n) is 2.36. The van der Waals surface area contributed by atoms with Gasteiger partial charge >= 0.3 is 0 Å². The molecule has 3 nitrogen and oxygen atoms in total. The van der Waals surface area contributed by atoms with Crippen LogP contribution < -0.4 is 5.32 Å². The molecule has 2 aromatic rings. The second kappa shape index (κ2) is 5.76. The van der Waals surface area contributed by atoms with Gasteiger partial charge in [0.1, 0.15) is 0 Å². The fraction of sp³-hybridized carbons (Fsp3) is 0.389. The predicted octanol–water partition coefficient (Wildman–Crippen LogP) is 3.86. The molecular formula is C18H24N2O. The quantitative estimate of drug-likeness (QED) is 0.883. The molecule has 0 saturated carbocycles. The third-order valence-electron chi connectivity index (χ3n) is 3.71. The predicted molar refractivity (Wildman–Crippen MR) is 86.6 cm³/mol. The fourth-order valence-corrected chi connectivity index (χ4v) is 2.36. The van der Waals surface area contributed by atoms with Crippen molar-refractivity contribution in [3.8, 4) is 0 Å². The van der Waals surface area contributed by atoms with E-state index >= 15 is 0 Å². The Balaban J connectivity index is 2.02. The van der Waals surface area contributed by atoms with Crippen molar-refractivity contribution in [2.24, 2.45) is 0 Å². The van der Waals surface area contributed by atoms with Crippen molar-refractivity contribution in [3.63, 3.8) is 0 Å². The molecule has 0 atom stereocenters. The summed E-state index contributed by atoms with van der Waals surface area (Å²) in [5.74, 6) is -0.0336. The number of rotatable bonds is 3. The molecule has 0 aliphatic carbocycles. The SMILES string of the molecule is Cc1cc(CNC(=O)c2ccc(C(C)(C)C)cc2)c(C)[nH]1. The topological polar surface area (TPSA) is 44.9 Å². The average Bonchev–Trinajstić information content (AvgIpc) is 2.73. The van der Waals surface area contributed by atoms with E-state index in [2.05, 4.69) is 37.1 Å². The van der Waals surface area contributed by atoms with E-state index in [9.17, 15) is 4.79 Å². The van der Waals surface area contributed by atoms with E-state index in [4.69, 9.17) is 0 Å². The lowest BCUT2D eigenvalue weighted by Gasteiger charge is -2.19. The van der Waals surface area contributed by atoms with E-state index < -0.39 is 0 Å². The summed E-state index contributed by atoms with van der Waals surface area (Å²) in [6.45, 7) is 11.1. The van der Waals surface area contributed by atoms with Crippen molar-refractivity contribution in [2.75, 3.05) is 0 Å². The summed E-state index contributed by atoms with van der Waals surface area (Å²) < 4.78 is 0. The molecule has 21 heavy (non-hydrogen) atoms. The monoisotopic (exact) mass is 284 g/mol. The van der Waals surface area contributed by atoms with E-state index in [0.717, 1.165) is 17.0 Å². The van der Waals surface area contributed by atoms with Crippen LogP contribution in [-0.2, 0) is 12.0 Å². The van der Waals surface area contributed by atoms with Crippen LogP contribution in [0.3, 0.4) is 0 Å². The zero-order valence-electron chi connectivity index (χ0n) is 13.5. The molecule has 2 rings (SSSR count). The van der Waals surface area contributed by atoms with Gasteiger partial charge in [-0.15, -0.1) is 0 Å². The van der Waals surface area contributed by atoms with Gasteiger partial charge in [-0.3, -0.25) is 4.79 Å². The minimum Gasteiger partial charge on any atom is -0.362 e. The molecule has 0 fully saturated rings. The van der Waals surface area contributed by atoms with Gasteiger partial charge in [0.2, 0.25) is 0 Å². The van der Waals surface area contributed by atoms with E-state index in [1.165, 1.54) is 5.56 Å². The highest BCUT2D eigenvalue weighted by Crippen LogP contribution is 2.22. The number of hydrogen-bond acceptors (Lipinski definition) is 1. The van der Waals surface area contributed by atoms with Crippen LogP contribution in [0.5, 0.6) is 0 Å². The lowest BCUT2D eigenvalue weighted by Crippen LogP contribution is -2.23. The van der Waals surface area contributed by atoms with Crippen LogP contribution in [0.2, 0.25) is 0 Å². The van der Waals surface area contributed by atoms with Gasteiger partial charge in [-0.25, -0.2) is 0 Å². The molecule has 1 amide bonds. The average molecular weight is 284 g/mol. The molecule has 0 spiro atoms. The molecule has 0 radical (unpaired) electrons. The molecule has 0 aliphatic heterocycles. The van der Waals surface area contributed by atoms with Gasteiger partial charge in [0.25, 0.3) is 5.91 Å². The number of benzene rings is 1. The molecule has 112 valence electrons. The molecule has 1 aromatic heterocycles. The highest BCUT2D eigenvalue weighted by Gasteiger charge is 2.14. The van der Waals surface area contributed by atoms with Crippen LogP contribution >= 0.6 is 0 Å². The number of amides is 1. The standard InChI is InChI=1S/C18H24N2O/c1-12-10-15(13(2)20-12)11-19-17(21)14-6-8-16(9-7-14)18(3,4)5/h6-10,20H,11H2,1-5H3,(H,19,21). The summed E-state index contributed by atoms with van der Waals surface area (Å²) in [4.78, 5) is 15.4. The summed E-state index contributed by atoms with van der Waals surface area (Å²) in [5, 5.41) is 2.97. The Labute approximate surface area is 126 Å². The van der Waals surface area contributed by atoms with E-state index in [1.807, 2.05) is 38.1 Å². The Kier molecular flexibility index (Phi) is 4.21. The molecular weight excluding hydrogens is 260 g/mol. The number of carbonyl (C=O) groups is 1. The van der Waals surface area contributed by atoms with Crippen LogP contribution in [0.25, 0.3) is 0 Å². The van der Waals surface area contributed by atoms with Gasteiger partial charge < -0.3 is 10.3 Å². The maximum Gasteiger partial charge on any atom is 0.251 e. The number of hydrogen-bond donors (Lipinski definition) is 2. The number of H-pyrrole nitrogens is 1. The molecule has 2 N–H and O–H groups in total. The summed E-state index contributed by atoms with van der Waals surface area (Å²) in [5.41, 5.74) is 5.40. The Morgan fingerprint density at radius 3 is 2.24 bits per heavy atom. The Hall–Kier alpha value is -2.03. The largest absolute Gasteiger partial charge is 0.362 e. The highest BCUT2D eigenvalue weighted by atomic mass is 16.1. The summed E-state index contributed by atoms with van der Waals surface area (Å²) in [6, 6.07) is 9.91. The van der Waals surface area contributed by atoms with Crippen molar-refractivity contribution in [1.82, 2.24) is 10.3 Å². The van der Waals surface area contributed by atoms with Crippen molar-refractivity contribution in [2.45, 2.75) is 46.6 Å². The maximum absolute atomic E-state index is 12.2. The van der Waals surface area contributed by atoms with E-state index in [0.29, 0.717) is 12.1 Å². The molecule has 1 heterocycles. The molecule has 0 saturated heterocycles. The maximum atomic E-state index is 12.2. The van der Waals surface area contributed by atoms with Crippen LogP contribution in [0.1, 0.15) is 53.6 Å². The number of aromatic nitrogens is 1. The van der Waals surface area contributed by atoms with Crippen molar-refractivity contribution >= 4 is 5.91 Å². The lowest BCUT2D eigenvalue weighted by atomic mass is 9.87. The van der Waals surface area contributed by atoms with Crippen LogP contribution in [-0.4, -0.2) is 10.9 Å². The molecule has 0 unspecified atom stereocenters. The Morgan fingerprint density at radius 1 is 1.14 bits per heavy atom. The highest BCUT2D eigenvalue weighted by molar-refractivity contribution is 5.94. The van der Waals surface area contributed by atoms with Crippen molar-refractivity contribution in [3.05, 3.63) is 58.4 Å². The number of aromatic amines is 1. The second-order valence-electron chi connectivity index (χ2n) is 6.61. The normalized spacial score (nSPS) is 11.5. The minimum atomic E-state index is -0.0336. The Morgan fingerprint density at radius 2 is 1.76 bits per heavy atom. The number of carbonyl (C=O) groups excluding carboxylic acids is 1. The number of aryl methyl sites for hydroxylation is 2. The van der Waals surface area contributed by atoms with Crippen LogP contribution in [0.4, 0.5) is 0 Å². The zero-order valence-corrected chi connectivity index (χ0v) is 13.5. The first-order chi connectivity index (χ1) is 9.77. The van der Waals surface area contributed by atoms with E-state index in [-0.39, 0.29) is 11.3 Å². The summed E-state index contributed by atoms with van der Waals surface area (Å²) in [6.07, 6.45) is 0. The second-order valence-corrected chi connectivity index (χ2v) is 6.61. The van der Waals surface area contributed by atoms with Gasteiger partial charge in [0.05, 0.1) is 0 Å². The summed E-state index contributed by atoms with van der Waals surface area (Å²) in [7, 11) is 0. The minimum absolute atomic E-state index is 0.0336. The third kappa shape index (κ3) is 3.75. The van der Waals surface area contributed by atoms with Gasteiger partial charge in [-0.05, 0) is 48.6 Å². The van der Waals surface area contributed by atoms with Gasteiger partial charge in [0, 0.05) is 23.5 Å². The first-order valence-corrected chi connectivity index (χ1v) is 7.31. The first kappa shape index (κ1) is 15.4. The summed E-state index contributed by atoms with van der Waals surface area (Å²) >= 11 is 0. The number of nitrogens with one attached hydrogen (secondary N) is 2. The first-order valence-electron chi connectivity index (χ1n) is 7.31. The molecule has 0 bridgehead atoms. The van der Waals surface area contributed by atoms with Gasteiger partial charge in [-0.2, -0.15) is 0 Å². The third-order valence-corrected chi connectivity index (χ3v) is 3.71. The molecule has 1 aromatic carbocycles.